The van der Waals surface area contributed by atoms with E-state index in [0.29, 0.717) is 12.5 Å². The third-order valence-electron chi connectivity index (χ3n) is 3.98. The monoisotopic (exact) mass is 274 g/mol. The first-order valence-corrected chi connectivity index (χ1v) is 7.47. The van der Waals surface area contributed by atoms with Gasteiger partial charge in [0.2, 0.25) is 5.91 Å². The van der Waals surface area contributed by atoms with Crippen LogP contribution in [0.3, 0.4) is 0 Å². The molecule has 110 valence electrons. The molecule has 20 heavy (non-hydrogen) atoms. The zero-order chi connectivity index (χ0) is 14.9. The Hall–Kier alpha value is -1.35. The summed E-state index contributed by atoms with van der Waals surface area (Å²) in [6.45, 7) is 9.96. The second-order valence-corrected chi connectivity index (χ2v) is 6.77. The standard InChI is InChI=1S/C17H26N2O/c1-6-9-18-16(17(2,3)4)12-7-8-14-13(10-12)11-15(20)19(14)5/h7-8,10,16,18H,6,9,11H2,1-5H3. The number of hydrogen-bond donors (Lipinski definition) is 1. The molecule has 1 aromatic rings. The molecular weight excluding hydrogens is 248 g/mol. The summed E-state index contributed by atoms with van der Waals surface area (Å²) >= 11 is 0. The lowest BCUT2D eigenvalue weighted by atomic mass is 9.81. The number of fused-ring (bicyclic) bond motifs is 1. The molecule has 0 aliphatic carbocycles. The highest BCUT2D eigenvalue weighted by molar-refractivity contribution is 6.00. The molecule has 0 radical (unpaired) electrons. The molecule has 1 atom stereocenters. The van der Waals surface area contributed by atoms with Crippen LogP contribution in [0, 0.1) is 5.41 Å². The topological polar surface area (TPSA) is 32.3 Å². The molecule has 3 nitrogen and oxygen atoms in total. The number of carbonyl (C=O) groups excluding carboxylic acids is 1. The van der Waals surface area contributed by atoms with E-state index in [9.17, 15) is 4.79 Å². The Morgan fingerprint density at radius 2 is 2.05 bits per heavy atom. The lowest BCUT2D eigenvalue weighted by Gasteiger charge is -2.32. The van der Waals surface area contributed by atoms with Crippen molar-refractivity contribution in [1.82, 2.24) is 5.32 Å². The molecule has 0 spiro atoms. The van der Waals surface area contributed by atoms with Gasteiger partial charge in [-0.05, 0) is 35.6 Å². The molecule has 1 amide bonds. The molecule has 1 unspecified atom stereocenters. The number of anilines is 1. The number of likely N-dealkylation sites (N-methyl/N-ethyl adjacent to an activating group) is 1. The summed E-state index contributed by atoms with van der Waals surface area (Å²) in [5.74, 6) is 0.186. The summed E-state index contributed by atoms with van der Waals surface area (Å²) in [7, 11) is 1.85. The van der Waals surface area contributed by atoms with E-state index >= 15 is 0 Å². The van der Waals surface area contributed by atoms with Crippen LogP contribution in [-0.2, 0) is 11.2 Å². The van der Waals surface area contributed by atoms with Gasteiger partial charge in [0.25, 0.3) is 0 Å². The van der Waals surface area contributed by atoms with E-state index in [1.807, 2.05) is 7.05 Å². The fourth-order valence-corrected chi connectivity index (χ4v) is 2.88. The summed E-state index contributed by atoms with van der Waals surface area (Å²) in [4.78, 5) is 13.5. The van der Waals surface area contributed by atoms with Gasteiger partial charge in [-0.2, -0.15) is 0 Å². The molecular formula is C17H26N2O. The fraction of sp³-hybridized carbons (Fsp3) is 0.588. The van der Waals surface area contributed by atoms with Crippen LogP contribution in [0.2, 0.25) is 0 Å². The molecule has 0 aromatic heterocycles. The van der Waals surface area contributed by atoms with Crippen LogP contribution in [0.25, 0.3) is 0 Å². The lowest BCUT2D eigenvalue weighted by molar-refractivity contribution is -0.117. The average molecular weight is 274 g/mol. The summed E-state index contributed by atoms with van der Waals surface area (Å²) in [6, 6.07) is 6.76. The third-order valence-corrected chi connectivity index (χ3v) is 3.98. The van der Waals surface area contributed by atoms with Crippen molar-refractivity contribution in [2.45, 2.75) is 46.6 Å². The van der Waals surface area contributed by atoms with Crippen LogP contribution in [0.15, 0.2) is 18.2 Å². The first-order chi connectivity index (χ1) is 9.34. The number of rotatable bonds is 4. The van der Waals surface area contributed by atoms with Crippen LogP contribution in [0.1, 0.15) is 51.3 Å². The Morgan fingerprint density at radius 3 is 2.65 bits per heavy atom. The highest BCUT2D eigenvalue weighted by Gasteiger charge is 2.29. The Kier molecular flexibility index (Phi) is 4.19. The smallest absolute Gasteiger partial charge is 0.231 e. The van der Waals surface area contributed by atoms with Gasteiger partial charge in [0.1, 0.15) is 0 Å². The van der Waals surface area contributed by atoms with Gasteiger partial charge in [0, 0.05) is 18.8 Å². The van der Waals surface area contributed by atoms with Gasteiger partial charge in [0.15, 0.2) is 0 Å². The number of hydrogen-bond acceptors (Lipinski definition) is 2. The normalized spacial score (nSPS) is 16.4. The molecule has 0 saturated carbocycles. The van der Waals surface area contributed by atoms with E-state index in [1.165, 1.54) is 5.56 Å². The molecule has 1 aromatic carbocycles. The maximum Gasteiger partial charge on any atom is 0.231 e. The molecule has 3 heteroatoms. The van der Waals surface area contributed by atoms with Crippen molar-refractivity contribution in [2.75, 3.05) is 18.5 Å². The molecule has 0 saturated heterocycles. The maximum absolute atomic E-state index is 11.8. The van der Waals surface area contributed by atoms with Gasteiger partial charge < -0.3 is 10.2 Å². The summed E-state index contributed by atoms with van der Waals surface area (Å²) in [5.41, 5.74) is 3.65. The van der Waals surface area contributed by atoms with E-state index < -0.39 is 0 Å². The number of benzene rings is 1. The predicted molar refractivity (Wildman–Crippen MR) is 84.0 cm³/mol. The SMILES string of the molecule is CCCNC(c1ccc2c(c1)CC(=O)N2C)C(C)(C)C. The van der Waals surface area contributed by atoms with E-state index in [-0.39, 0.29) is 11.3 Å². The summed E-state index contributed by atoms with van der Waals surface area (Å²) in [6.07, 6.45) is 1.66. The Labute approximate surface area is 122 Å². The van der Waals surface area contributed by atoms with Gasteiger partial charge in [-0.3, -0.25) is 4.79 Å². The minimum absolute atomic E-state index is 0.151. The minimum Gasteiger partial charge on any atom is -0.315 e. The van der Waals surface area contributed by atoms with E-state index in [2.05, 4.69) is 51.2 Å². The molecule has 0 fully saturated rings. The van der Waals surface area contributed by atoms with Crippen molar-refractivity contribution in [1.29, 1.82) is 0 Å². The van der Waals surface area contributed by atoms with Crippen LogP contribution < -0.4 is 10.2 Å². The molecule has 0 bridgehead atoms. The Morgan fingerprint density at radius 1 is 1.35 bits per heavy atom. The molecule has 1 aliphatic heterocycles. The number of carbonyl (C=O) groups is 1. The molecule has 1 heterocycles. The Bertz CT molecular complexity index is 502. The first-order valence-electron chi connectivity index (χ1n) is 7.47. The summed E-state index contributed by atoms with van der Waals surface area (Å²) in [5, 5.41) is 3.64. The zero-order valence-corrected chi connectivity index (χ0v) is 13.3. The van der Waals surface area contributed by atoms with Crippen molar-refractivity contribution >= 4 is 11.6 Å². The first kappa shape index (κ1) is 15.0. The van der Waals surface area contributed by atoms with Crippen LogP contribution in [0.5, 0.6) is 0 Å². The van der Waals surface area contributed by atoms with Crippen molar-refractivity contribution in [3.8, 4) is 0 Å². The number of nitrogens with zero attached hydrogens (tertiary/aromatic N) is 1. The van der Waals surface area contributed by atoms with Gasteiger partial charge in [-0.15, -0.1) is 0 Å². The zero-order valence-electron chi connectivity index (χ0n) is 13.3. The quantitative estimate of drug-likeness (QED) is 0.913. The minimum atomic E-state index is 0.151. The number of nitrogens with one attached hydrogen (secondary N) is 1. The second-order valence-electron chi connectivity index (χ2n) is 6.77. The molecule has 1 aliphatic rings. The van der Waals surface area contributed by atoms with Crippen LogP contribution in [0.4, 0.5) is 5.69 Å². The highest BCUT2D eigenvalue weighted by atomic mass is 16.2. The third kappa shape index (κ3) is 2.88. The van der Waals surface area contributed by atoms with Crippen molar-refractivity contribution in [3.63, 3.8) is 0 Å². The fourth-order valence-electron chi connectivity index (χ4n) is 2.88. The summed E-state index contributed by atoms with van der Waals surface area (Å²) < 4.78 is 0. The lowest BCUT2D eigenvalue weighted by Crippen LogP contribution is -2.32. The van der Waals surface area contributed by atoms with E-state index in [1.54, 1.807) is 4.90 Å². The largest absolute Gasteiger partial charge is 0.315 e. The molecule has 1 N–H and O–H groups in total. The van der Waals surface area contributed by atoms with E-state index in [4.69, 9.17) is 0 Å². The van der Waals surface area contributed by atoms with Gasteiger partial charge in [-0.25, -0.2) is 0 Å². The van der Waals surface area contributed by atoms with Gasteiger partial charge >= 0.3 is 0 Å². The highest BCUT2D eigenvalue weighted by Crippen LogP contribution is 2.36. The van der Waals surface area contributed by atoms with Crippen molar-refractivity contribution in [3.05, 3.63) is 29.3 Å². The van der Waals surface area contributed by atoms with E-state index in [0.717, 1.165) is 24.2 Å². The van der Waals surface area contributed by atoms with Gasteiger partial charge in [-0.1, -0.05) is 39.8 Å². The molecule has 2 rings (SSSR count). The van der Waals surface area contributed by atoms with Crippen molar-refractivity contribution < 1.29 is 4.79 Å². The number of amides is 1. The second kappa shape index (κ2) is 5.57. The van der Waals surface area contributed by atoms with Gasteiger partial charge in [0.05, 0.1) is 6.42 Å². The Balaban J connectivity index is 2.32. The van der Waals surface area contributed by atoms with Crippen LogP contribution >= 0.6 is 0 Å². The maximum atomic E-state index is 11.8. The van der Waals surface area contributed by atoms with Crippen LogP contribution in [-0.4, -0.2) is 19.5 Å². The predicted octanol–water partition coefficient (Wildman–Crippen LogP) is 3.29. The average Bonchev–Trinajstić information content (AvgIpc) is 2.64. The van der Waals surface area contributed by atoms with Crippen molar-refractivity contribution in [2.24, 2.45) is 5.41 Å².